The highest BCUT2D eigenvalue weighted by atomic mass is 19.4. The summed E-state index contributed by atoms with van der Waals surface area (Å²) < 4.78 is 36.4. The molecule has 1 aromatic rings. The van der Waals surface area contributed by atoms with Crippen LogP contribution in [0.3, 0.4) is 0 Å². The van der Waals surface area contributed by atoms with Crippen LogP contribution in [0.2, 0.25) is 0 Å². The van der Waals surface area contributed by atoms with Gasteiger partial charge in [0.1, 0.15) is 11.5 Å². The van der Waals surface area contributed by atoms with Gasteiger partial charge in [-0.25, -0.2) is 4.98 Å². The molecular formula is C7H7F3N2. The van der Waals surface area contributed by atoms with E-state index in [-0.39, 0.29) is 11.5 Å². The predicted molar refractivity (Wildman–Crippen MR) is 38.4 cm³/mol. The third kappa shape index (κ3) is 1.49. The van der Waals surface area contributed by atoms with Gasteiger partial charge in [0.05, 0.1) is 5.69 Å². The summed E-state index contributed by atoms with van der Waals surface area (Å²) in [6.07, 6.45) is -3.31. The van der Waals surface area contributed by atoms with Crippen molar-refractivity contribution in [3.8, 4) is 0 Å². The number of aromatic amines is 1. The largest absolute Gasteiger partial charge is 0.433 e. The van der Waals surface area contributed by atoms with Gasteiger partial charge in [-0.2, -0.15) is 13.2 Å². The molecule has 0 amide bonds. The first-order valence-corrected chi connectivity index (χ1v) is 3.21. The third-order valence-corrected chi connectivity index (χ3v) is 1.33. The van der Waals surface area contributed by atoms with Gasteiger partial charge in [-0.3, -0.25) is 0 Å². The first-order chi connectivity index (χ1) is 5.45. The van der Waals surface area contributed by atoms with Gasteiger partial charge in [-0.15, -0.1) is 0 Å². The van der Waals surface area contributed by atoms with Crippen molar-refractivity contribution in [3.63, 3.8) is 0 Å². The van der Waals surface area contributed by atoms with Gasteiger partial charge in [0.15, 0.2) is 0 Å². The SMILES string of the molecule is C=Cc1nc(C)[nH]c1C(F)(F)F. The van der Waals surface area contributed by atoms with E-state index in [9.17, 15) is 13.2 Å². The second-order valence-electron chi connectivity index (χ2n) is 2.28. The minimum absolute atomic E-state index is 0.153. The molecule has 1 aromatic heterocycles. The van der Waals surface area contributed by atoms with Crippen LogP contribution in [0.25, 0.3) is 6.08 Å². The van der Waals surface area contributed by atoms with Gasteiger partial charge in [0.25, 0.3) is 0 Å². The Balaban J connectivity index is 3.22. The van der Waals surface area contributed by atoms with Crippen molar-refractivity contribution >= 4 is 6.08 Å². The van der Waals surface area contributed by atoms with Crippen molar-refractivity contribution in [2.75, 3.05) is 0 Å². The smallest absolute Gasteiger partial charge is 0.338 e. The topological polar surface area (TPSA) is 28.7 Å². The Labute approximate surface area is 67.1 Å². The average molecular weight is 176 g/mol. The van der Waals surface area contributed by atoms with Gasteiger partial charge >= 0.3 is 6.18 Å². The molecule has 0 fully saturated rings. The van der Waals surface area contributed by atoms with Crippen LogP contribution >= 0.6 is 0 Å². The highest BCUT2D eigenvalue weighted by Crippen LogP contribution is 2.30. The molecule has 0 bridgehead atoms. The van der Waals surface area contributed by atoms with E-state index in [0.717, 1.165) is 6.08 Å². The lowest BCUT2D eigenvalue weighted by molar-refractivity contribution is -0.141. The number of alkyl halides is 3. The minimum atomic E-state index is -4.38. The van der Waals surface area contributed by atoms with Crippen LogP contribution in [-0.2, 0) is 6.18 Å². The Morgan fingerprint density at radius 1 is 1.50 bits per heavy atom. The number of nitrogens with one attached hydrogen (secondary N) is 1. The lowest BCUT2D eigenvalue weighted by Gasteiger charge is -2.02. The van der Waals surface area contributed by atoms with Gasteiger partial charge < -0.3 is 4.98 Å². The van der Waals surface area contributed by atoms with Crippen LogP contribution in [-0.4, -0.2) is 9.97 Å². The molecule has 5 heteroatoms. The van der Waals surface area contributed by atoms with Crippen LogP contribution in [0.15, 0.2) is 6.58 Å². The molecule has 0 unspecified atom stereocenters. The zero-order chi connectivity index (χ0) is 9.35. The van der Waals surface area contributed by atoms with E-state index in [1.54, 1.807) is 0 Å². The molecular weight excluding hydrogens is 169 g/mol. The molecule has 66 valence electrons. The van der Waals surface area contributed by atoms with Crippen LogP contribution < -0.4 is 0 Å². The molecule has 1 rings (SSSR count). The molecule has 0 aromatic carbocycles. The standard InChI is InChI=1S/C7H7F3N2/c1-3-5-6(7(8,9)10)12-4(2)11-5/h3H,1H2,2H3,(H,11,12). The summed E-state index contributed by atoms with van der Waals surface area (Å²) in [5.74, 6) is 0.234. The van der Waals surface area contributed by atoms with Crippen molar-refractivity contribution in [2.24, 2.45) is 0 Å². The summed E-state index contributed by atoms with van der Waals surface area (Å²) in [5.41, 5.74) is -0.991. The number of halogens is 3. The second kappa shape index (κ2) is 2.66. The lowest BCUT2D eigenvalue weighted by atomic mass is 10.3. The van der Waals surface area contributed by atoms with Gasteiger partial charge in [0.2, 0.25) is 0 Å². The Bertz CT molecular complexity index is 298. The van der Waals surface area contributed by atoms with Crippen molar-refractivity contribution in [2.45, 2.75) is 13.1 Å². The normalized spacial score (nSPS) is 11.7. The Hall–Kier alpha value is -1.26. The molecule has 0 spiro atoms. The van der Waals surface area contributed by atoms with E-state index < -0.39 is 11.9 Å². The van der Waals surface area contributed by atoms with Crippen molar-refractivity contribution in [1.29, 1.82) is 0 Å². The van der Waals surface area contributed by atoms with E-state index in [1.165, 1.54) is 6.92 Å². The van der Waals surface area contributed by atoms with E-state index in [0.29, 0.717) is 0 Å². The number of imidazole rings is 1. The third-order valence-electron chi connectivity index (χ3n) is 1.33. The first kappa shape index (κ1) is 8.83. The van der Waals surface area contributed by atoms with Crippen molar-refractivity contribution in [1.82, 2.24) is 9.97 Å². The van der Waals surface area contributed by atoms with E-state index in [4.69, 9.17) is 0 Å². The maximum Gasteiger partial charge on any atom is 0.433 e. The Morgan fingerprint density at radius 3 is 2.42 bits per heavy atom. The molecule has 12 heavy (non-hydrogen) atoms. The molecule has 0 aliphatic carbocycles. The van der Waals surface area contributed by atoms with Gasteiger partial charge in [-0.05, 0) is 13.0 Å². The summed E-state index contributed by atoms with van der Waals surface area (Å²) in [7, 11) is 0. The molecule has 1 N–H and O–H groups in total. The van der Waals surface area contributed by atoms with Crippen LogP contribution in [0, 0.1) is 6.92 Å². The minimum Gasteiger partial charge on any atom is -0.338 e. The maximum absolute atomic E-state index is 12.1. The fourth-order valence-electron chi connectivity index (χ4n) is 0.873. The lowest BCUT2D eigenvalue weighted by Crippen LogP contribution is -2.07. The highest BCUT2D eigenvalue weighted by molar-refractivity contribution is 5.46. The molecule has 0 saturated carbocycles. The summed E-state index contributed by atoms with van der Waals surface area (Å²) in [5, 5.41) is 0. The quantitative estimate of drug-likeness (QED) is 0.699. The Kier molecular flexibility index (Phi) is 1.95. The summed E-state index contributed by atoms with van der Waals surface area (Å²) in [6, 6.07) is 0. The number of hydrogen-bond donors (Lipinski definition) is 1. The second-order valence-corrected chi connectivity index (χ2v) is 2.28. The molecule has 1 heterocycles. The summed E-state index contributed by atoms with van der Waals surface area (Å²) in [4.78, 5) is 5.73. The number of aryl methyl sites for hydroxylation is 1. The van der Waals surface area contributed by atoms with E-state index >= 15 is 0 Å². The fourth-order valence-corrected chi connectivity index (χ4v) is 0.873. The number of aromatic nitrogens is 2. The molecule has 0 atom stereocenters. The highest BCUT2D eigenvalue weighted by Gasteiger charge is 2.35. The maximum atomic E-state index is 12.1. The van der Waals surface area contributed by atoms with Crippen LogP contribution in [0.5, 0.6) is 0 Å². The zero-order valence-electron chi connectivity index (χ0n) is 6.37. The number of H-pyrrole nitrogens is 1. The molecule has 0 aliphatic rings. The fraction of sp³-hybridized carbons (Fsp3) is 0.286. The number of hydrogen-bond acceptors (Lipinski definition) is 1. The van der Waals surface area contributed by atoms with Gasteiger partial charge in [-0.1, -0.05) is 6.58 Å². The summed E-state index contributed by atoms with van der Waals surface area (Å²) >= 11 is 0. The van der Waals surface area contributed by atoms with Gasteiger partial charge in [0, 0.05) is 0 Å². The molecule has 0 aliphatic heterocycles. The average Bonchev–Trinajstić information content (AvgIpc) is 2.29. The van der Waals surface area contributed by atoms with E-state index in [2.05, 4.69) is 16.5 Å². The van der Waals surface area contributed by atoms with Crippen LogP contribution in [0.4, 0.5) is 13.2 Å². The number of rotatable bonds is 1. The molecule has 0 radical (unpaired) electrons. The first-order valence-electron chi connectivity index (χ1n) is 3.21. The predicted octanol–water partition coefficient (Wildman–Crippen LogP) is 2.38. The summed E-state index contributed by atoms with van der Waals surface area (Å²) in [6.45, 7) is 4.70. The Morgan fingerprint density at radius 2 is 2.08 bits per heavy atom. The zero-order valence-corrected chi connectivity index (χ0v) is 6.37. The number of nitrogens with zero attached hydrogens (tertiary/aromatic N) is 1. The monoisotopic (exact) mass is 176 g/mol. The molecule has 0 saturated heterocycles. The molecule has 2 nitrogen and oxygen atoms in total. The van der Waals surface area contributed by atoms with Crippen molar-refractivity contribution in [3.05, 3.63) is 23.8 Å². The van der Waals surface area contributed by atoms with E-state index in [1.807, 2.05) is 0 Å². The van der Waals surface area contributed by atoms with Crippen molar-refractivity contribution < 1.29 is 13.2 Å². The van der Waals surface area contributed by atoms with Crippen LogP contribution in [0.1, 0.15) is 17.2 Å².